The van der Waals surface area contributed by atoms with E-state index in [1.54, 1.807) is 0 Å². The van der Waals surface area contributed by atoms with Gasteiger partial charge in [-0.05, 0) is 18.4 Å². The molecule has 3 nitrogen and oxygen atoms in total. The van der Waals surface area contributed by atoms with Gasteiger partial charge in [-0.3, -0.25) is 4.98 Å². The minimum absolute atomic E-state index is 0.685. The topological polar surface area (TPSA) is 64.9 Å². The van der Waals surface area contributed by atoms with E-state index in [-0.39, 0.29) is 0 Å². The van der Waals surface area contributed by atoms with Crippen molar-refractivity contribution in [2.75, 3.05) is 11.5 Å². The third kappa shape index (κ3) is 2.37. The van der Waals surface area contributed by atoms with Crippen LogP contribution in [0.2, 0.25) is 0 Å². The Morgan fingerprint density at radius 3 is 2.53 bits per heavy atom. The van der Waals surface area contributed by atoms with Gasteiger partial charge in [-0.15, -0.1) is 0 Å². The molecule has 1 aliphatic rings. The Kier molecular flexibility index (Phi) is 3.28. The number of para-hydroxylation sites is 1. The smallest absolute Gasteiger partial charge is 0.0773 e. The Morgan fingerprint density at radius 2 is 1.74 bits per heavy atom. The van der Waals surface area contributed by atoms with Crippen molar-refractivity contribution in [1.29, 1.82) is 0 Å². The molecule has 0 spiro atoms. The van der Waals surface area contributed by atoms with Gasteiger partial charge in [0.2, 0.25) is 0 Å². The number of pyridine rings is 1. The summed E-state index contributed by atoms with van der Waals surface area (Å²) in [6, 6.07) is 7.96. The number of hydrogen-bond donors (Lipinski definition) is 2. The fourth-order valence-corrected chi connectivity index (χ4v) is 3.13. The van der Waals surface area contributed by atoms with Crippen LogP contribution in [0.25, 0.3) is 10.9 Å². The van der Waals surface area contributed by atoms with Crippen molar-refractivity contribution in [1.82, 2.24) is 4.98 Å². The van der Waals surface area contributed by atoms with Gasteiger partial charge in [0.25, 0.3) is 0 Å². The third-order valence-electron chi connectivity index (χ3n) is 4.26. The second kappa shape index (κ2) is 5.08. The van der Waals surface area contributed by atoms with E-state index in [1.807, 2.05) is 24.3 Å². The van der Waals surface area contributed by atoms with E-state index in [4.69, 9.17) is 16.5 Å². The maximum atomic E-state index is 6.18. The molecular weight excluding hydrogens is 234 g/mol. The number of hydrogen-bond acceptors (Lipinski definition) is 3. The monoisotopic (exact) mass is 255 g/mol. The summed E-state index contributed by atoms with van der Waals surface area (Å²) in [6.45, 7) is 0. The molecule has 3 heteroatoms. The average Bonchev–Trinajstić information content (AvgIpc) is 2.46. The van der Waals surface area contributed by atoms with Crippen molar-refractivity contribution in [2.45, 2.75) is 38.5 Å². The predicted octanol–water partition coefficient (Wildman–Crippen LogP) is 3.52. The number of anilines is 2. The van der Waals surface area contributed by atoms with Crippen LogP contribution in [-0.4, -0.2) is 4.98 Å². The SMILES string of the molecule is Nc1c(CC2CCCCC2)nc2ccccc2c1N. The van der Waals surface area contributed by atoms with Gasteiger partial charge in [-0.25, -0.2) is 0 Å². The number of fused-ring (bicyclic) bond motifs is 1. The summed E-state index contributed by atoms with van der Waals surface area (Å²) in [5, 5.41) is 0.965. The van der Waals surface area contributed by atoms with Crippen molar-refractivity contribution in [3.05, 3.63) is 30.0 Å². The molecule has 1 aromatic heterocycles. The van der Waals surface area contributed by atoms with Gasteiger partial charge in [0, 0.05) is 5.39 Å². The highest BCUT2D eigenvalue weighted by atomic mass is 14.8. The Bertz CT molecular complexity index is 586. The molecular formula is C16H21N3. The number of benzene rings is 1. The molecule has 100 valence electrons. The fourth-order valence-electron chi connectivity index (χ4n) is 3.13. The lowest BCUT2D eigenvalue weighted by molar-refractivity contribution is 0.355. The predicted molar refractivity (Wildman–Crippen MR) is 80.8 cm³/mol. The largest absolute Gasteiger partial charge is 0.396 e. The van der Waals surface area contributed by atoms with Crippen molar-refractivity contribution < 1.29 is 0 Å². The summed E-state index contributed by atoms with van der Waals surface area (Å²) in [5.41, 5.74) is 15.7. The summed E-state index contributed by atoms with van der Waals surface area (Å²) in [5.74, 6) is 0.726. The molecule has 1 aromatic carbocycles. The summed E-state index contributed by atoms with van der Waals surface area (Å²) < 4.78 is 0. The number of rotatable bonds is 2. The van der Waals surface area contributed by atoms with Gasteiger partial charge in [-0.1, -0.05) is 50.3 Å². The number of aromatic nitrogens is 1. The first-order chi connectivity index (χ1) is 9.25. The van der Waals surface area contributed by atoms with Crippen LogP contribution in [0, 0.1) is 5.92 Å². The van der Waals surface area contributed by atoms with E-state index in [0.717, 1.165) is 28.9 Å². The fraction of sp³-hybridized carbons (Fsp3) is 0.438. The van der Waals surface area contributed by atoms with Crippen molar-refractivity contribution in [3.63, 3.8) is 0 Å². The van der Waals surface area contributed by atoms with Gasteiger partial charge in [0.15, 0.2) is 0 Å². The molecule has 1 fully saturated rings. The zero-order chi connectivity index (χ0) is 13.2. The zero-order valence-corrected chi connectivity index (χ0v) is 11.2. The Balaban J connectivity index is 1.96. The molecule has 1 heterocycles. The standard InChI is InChI=1S/C16H21N3/c17-15-12-8-4-5-9-13(12)19-14(16(15)18)10-11-6-2-1-3-7-11/h4-5,8-9,11H,1-3,6-7,10,18H2,(H2,17,19). The molecule has 0 bridgehead atoms. The van der Waals surface area contributed by atoms with E-state index in [0.29, 0.717) is 11.4 Å². The normalized spacial score (nSPS) is 16.8. The first-order valence-electron chi connectivity index (χ1n) is 7.18. The molecule has 0 saturated heterocycles. The van der Waals surface area contributed by atoms with E-state index in [9.17, 15) is 0 Å². The minimum atomic E-state index is 0.685. The lowest BCUT2D eigenvalue weighted by Crippen LogP contribution is -2.13. The second-order valence-electron chi connectivity index (χ2n) is 5.61. The minimum Gasteiger partial charge on any atom is -0.396 e. The lowest BCUT2D eigenvalue weighted by atomic mass is 9.85. The maximum absolute atomic E-state index is 6.18. The zero-order valence-electron chi connectivity index (χ0n) is 11.2. The van der Waals surface area contributed by atoms with Crippen LogP contribution in [-0.2, 0) is 6.42 Å². The number of nitrogen functional groups attached to an aromatic ring is 2. The van der Waals surface area contributed by atoms with Crippen molar-refractivity contribution in [3.8, 4) is 0 Å². The van der Waals surface area contributed by atoms with Crippen LogP contribution >= 0.6 is 0 Å². The van der Waals surface area contributed by atoms with Crippen LogP contribution in [0.5, 0.6) is 0 Å². The molecule has 0 aliphatic heterocycles. The van der Waals surface area contributed by atoms with Crippen LogP contribution in [0.3, 0.4) is 0 Å². The van der Waals surface area contributed by atoms with Gasteiger partial charge < -0.3 is 11.5 Å². The van der Waals surface area contributed by atoms with Gasteiger partial charge in [0.1, 0.15) is 0 Å². The van der Waals surface area contributed by atoms with E-state index in [2.05, 4.69) is 0 Å². The van der Waals surface area contributed by atoms with Crippen LogP contribution in [0.1, 0.15) is 37.8 Å². The van der Waals surface area contributed by atoms with E-state index in [1.165, 1.54) is 32.1 Å². The second-order valence-corrected chi connectivity index (χ2v) is 5.61. The van der Waals surface area contributed by atoms with Crippen molar-refractivity contribution >= 4 is 22.3 Å². The molecule has 0 unspecified atom stereocenters. The summed E-state index contributed by atoms with van der Waals surface area (Å²) in [7, 11) is 0. The highest BCUT2D eigenvalue weighted by molar-refractivity contribution is 5.96. The molecule has 0 atom stereocenters. The highest BCUT2D eigenvalue weighted by Gasteiger charge is 2.17. The molecule has 0 radical (unpaired) electrons. The van der Waals surface area contributed by atoms with Gasteiger partial charge in [-0.2, -0.15) is 0 Å². The van der Waals surface area contributed by atoms with E-state index < -0.39 is 0 Å². The summed E-state index contributed by atoms with van der Waals surface area (Å²) in [6.07, 6.45) is 7.63. The summed E-state index contributed by atoms with van der Waals surface area (Å²) in [4.78, 5) is 4.72. The van der Waals surface area contributed by atoms with Crippen molar-refractivity contribution in [2.24, 2.45) is 5.92 Å². The summed E-state index contributed by atoms with van der Waals surface area (Å²) >= 11 is 0. The average molecular weight is 255 g/mol. The van der Waals surface area contributed by atoms with Crippen LogP contribution < -0.4 is 11.5 Å². The molecule has 1 saturated carbocycles. The highest BCUT2D eigenvalue weighted by Crippen LogP contribution is 2.32. The van der Waals surface area contributed by atoms with Gasteiger partial charge >= 0.3 is 0 Å². The first-order valence-corrected chi connectivity index (χ1v) is 7.18. The van der Waals surface area contributed by atoms with E-state index >= 15 is 0 Å². The third-order valence-corrected chi connectivity index (χ3v) is 4.26. The Hall–Kier alpha value is -1.77. The molecule has 2 aromatic rings. The Labute approximate surface area is 114 Å². The molecule has 4 N–H and O–H groups in total. The van der Waals surface area contributed by atoms with Crippen LogP contribution in [0.15, 0.2) is 24.3 Å². The Morgan fingerprint density at radius 1 is 1.00 bits per heavy atom. The quantitative estimate of drug-likeness (QED) is 0.862. The number of nitrogens with zero attached hydrogens (tertiary/aromatic N) is 1. The van der Waals surface area contributed by atoms with Gasteiger partial charge in [0.05, 0.1) is 22.6 Å². The molecule has 1 aliphatic carbocycles. The maximum Gasteiger partial charge on any atom is 0.0773 e. The molecule has 3 rings (SSSR count). The first kappa shape index (κ1) is 12.3. The molecule has 0 amide bonds. The lowest BCUT2D eigenvalue weighted by Gasteiger charge is -2.22. The number of nitrogens with two attached hydrogens (primary N) is 2. The van der Waals surface area contributed by atoms with Crippen LogP contribution in [0.4, 0.5) is 11.4 Å². The molecule has 19 heavy (non-hydrogen) atoms.